The minimum Gasteiger partial charge on any atom is -0.371 e. The largest absolute Gasteiger partial charge is 0.371 e. The predicted octanol–water partition coefficient (Wildman–Crippen LogP) is 4.61. The summed E-state index contributed by atoms with van der Waals surface area (Å²) in [6, 6.07) is 12.2. The van der Waals surface area contributed by atoms with Gasteiger partial charge in [-0.3, -0.25) is 5.10 Å². The van der Waals surface area contributed by atoms with Gasteiger partial charge in [0.1, 0.15) is 0 Å². The van der Waals surface area contributed by atoms with Gasteiger partial charge in [0, 0.05) is 24.2 Å². The molecule has 1 unspecified atom stereocenters. The van der Waals surface area contributed by atoms with Crippen molar-refractivity contribution in [2.45, 2.75) is 38.6 Å². The number of urea groups is 1. The summed E-state index contributed by atoms with van der Waals surface area (Å²) in [5, 5.41) is 14.1. The van der Waals surface area contributed by atoms with Crippen LogP contribution in [0.2, 0.25) is 0 Å². The minimum atomic E-state index is -0.172. The Balaban J connectivity index is 1.31. The topological polar surface area (TPSA) is 73.1 Å². The van der Waals surface area contributed by atoms with Crippen molar-refractivity contribution in [3.05, 3.63) is 53.7 Å². The van der Waals surface area contributed by atoms with E-state index in [1.54, 1.807) is 6.20 Å². The van der Waals surface area contributed by atoms with Crippen molar-refractivity contribution in [2.75, 3.05) is 23.3 Å². The zero-order chi connectivity index (χ0) is 19.8. The molecule has 1 aliphatic heterocycles. The second-order valence-electron chi connectivity index (χ2n) is 8.34. The lowest BCUT2D eigenvalue weighted by Gasteiger charge is -2.33. The van der Waals surface area contributed by atoms with Crippen molar-refractivity contribution < 1.29 is 4.79 Å². The van der Waals surface area contributed by atoms with Crippen LogP contribution in [0.5, 0.6) is 0 Å². The van der Waals surface area contributed by atoms with E-state index in [0.717, 1.165) is 48.4 Å². The van der Waals surface area contributed by atoms with E-state index < -0.39 is 0 Å². The third-order valence-corrected chi connectivity index (χ3v) is 6.41. The van der Waals surface area contributed by atoms with E-state index in [9.17, 15) is 4.79 Å². The molecule has 3 aromatic rings. The maximum Gasteiger partial charge on any atom is 0.319 e. The molecule has 1 atom stereocenters. The first kappa shape index (κ1) is 18.0. The van der Waals surface area contributed by atoms with Gasteiger partial charge in [-0.1, -0.05) is 25.1 Å². The minimum absolute atomic E-state index is 0.0530. The van der Waals surface area contributed by atoms with Gasteiger partial charge in [-0.05, 0) is 60.9 Å². The van der Waals surface area contributed by atoms with Gasteiger partial charge in [0.15, 0.2) is 0 Å². The normalized spacial score (nSPS) is 19.3. The molecule has 1 fully saturated rings. The molecule has 2 aromatic carbocycles. The number of H-pyrrole nitrogens is 1. The molecule has 5 rings (SSSR count). The third kappa shape index (κ3) is 3.43. The predicted molar refractivity (Wildman–Crippen MR) is 116 cm³/mol. The molecule has 1 aromatic heterocycles. The molecule has 1 saturated heterocycles. The van der Waals surface area contributed by atoms with E-state index in [0.29, 0.717) is 0 Å². The highest BCUT2D eigenvalue weighted by Crippen LogP contribution is 2.38. The first-order valence-corrected chi connectivity index (χ1v) is 10.6. The van der Waals surface area contributed by atoms with Crippen molar-refractivity contribution in [3.63, 3.8) is 0 Å². The van der Waals surface area contributed by atoms with E-state index in [4.69, 9.17) is 0 Å². The molecule has 150 valence electrons. The van der Waals surface area contributed by atoms with Crippen molar-refractivity contribution >= 4 is 28.3 Å². The molecular weight excluding hydrogens is 362 g/mol. The molecule has 2 aliphatic rings. The quantitative estimate of drug-likeness (QED) is 0.612. The second-order valence-corrected chi connectivity index (χ2v) is 8.34. The van der Waals surface area contributed by atoms with E-state index in [1.807, 2.05) is 18.2 Å². The number of rotatable bonds is 3. The van der Waals surface area contributed by atoms with E-state index >= 15 is 0 Å². The number of hydrogen-bond acceptors (Lipinski definition) is 3. The monoisotopic (exact) mass is 389 g/mol. The van der Waals surface area contributed by atoms with Gasteiger partial charge in [0.05, 0.1) is 23.4 Å². The van der Waals surface area contributed by atoms with Crippen molar-refractivity contribution in [1.29, 1.82) is 0 Å². The Labute approximate surface area is 170 Å². The fourth-order valence-electron chi connectivity index (χ4n) is 4.72. The van der Waals surface area contributed by atoms with Crippen LogP contribution in [0, 0.1) is 5.92 Å². The fourth-order valence-corrected chi connectivity index (χ4v) is 4.72. The number of nitrogens with zero attached hydrogens (tertiary/aromatic N) is 2. The number of carbonyl (C=O) groups is 1. The summed E-state index contributed by atoms with van der Waals surface area (Å²) in [4.78, 5) is 15.2. The van der Waals surface area contributed by atoms with Crippen LogP contribution in [0.1, 0.15) is 43.4 Å². The highest BCUT2D eigenvalue weighted by atomic mass is 16.2. The number of fused-ring (bicyclic) bond motifs is 2. The molecule has 29 heavy (non-hydrogen) atoms. The van der Waals surface area contributed by atoms with Crippen LogP contribution >= 0.6 is 0 Å². The maximum absolute atomic E-state index is 12.7. The summed E-state index contributed by atoms with van der Waals surface area (Å²) in [7, 11) is 0. The van der Waals surface area contributed by atoms with E-state index in [-0.39, 0.29) is 12.1 Å². The smallest absolute Gasteiger partial charge is 0.319 e. The first-order chi connectivity index (χ1) is 14.2. The van der Waals surface area contributed by atoms with Crippen molar-refractivity contribution in [3.8, 4) is 0 Å². The number of amides is 2. The molecular formula is C23H27N5O. The lowest BCUT2D eigenvalue weighted by Crippen LogP contribution is -2.33. The molecule has 0 bridgehead atoms. The SMILES string of the molecule is CC1CCN(c2cccc3c2CCC3NC(=O)Nc2cccc3[nH]ncc23)CC1. The Morgan fingerprint density at radius 3 is 2.83 bits per heavy atom. The van der Waals surface area contributed by atoms with Crippen molar-refractivity contribution in [2.24, 2.45) is 5.92 Å². The Kier molecular flexibility index (Phi) is 4.62. The number of benzene rings is 2. The van der Waals surface area contributed by atoms with Crippen LogP contribution in [-0.2, 0) is 6.42 Å². The van der Waals surface area contributed by atoms with Crippen LogP contribution in [0.25, 0.3) is 10.9 Å². The summed E-state index contributed by atoms with van der Waals surface area (Å²) < 4.78 is 0. The number of hydrogen-bond donors (Lipinski definition) is 3. The molecule has 0 spiro atoms. The van der Waals surface area contributed by atoms with Crippen LogP contribution in [0.15, 0.2) is 42.6 Å². The summed E-state index contributed by atoms with van der Waals surface area (Å²) in [6.45, 7) is 4.60. The lowest BCUT2D eigenvalue weighted by atomic mass is 9.97. The number of aromatic nitrogens is 2. The van der Waals surface area contributed by atoms with Gasteiger partial charge < -0.3 is 15.5 Å². The second kappa shape index (κ2) is 7.43. The molecule has 6 heteroatoms. The fraction of sp³-hybridized carbons (Fsp3) is 0.391. The Bertz CT molecular complexity index is 1030. The number of nitrogens with one attached hydrogen (secondary N) is 3. The number of aromatic amines is 1. The number of piperidine rings is 1. The molecule has 3 N–H and O–H groups in total. The lowest BCUT2D eigenvalue weighted by molar-refractivity contribution is 0.248. The van der Waals surface area contributed by atoms with Gasteiger partial charge in [-0.2, -0.15) is 5.10 Å². The number of carbonyl (C=O) groups excluding carboxylic acids is 1. The van der Waals surface area contributed by atoms with E-state index in [1.165, 1.54) is 29.7 Å². The van der Waals surface area contributed by atoms with Gasteiger partial charge in [-0.15, -0.1) is 0 Å². The number of anilines is 2. The van der Waals surface area contributed by atoms with Crippen LogP contribution < -0.4 is 15.5 Å². The standard InChI is InChI=1S/C23H27N5O/c1-15-10-12-28(13-11-15)22-7-2-4-16-17(22)8-9-20(16)26-23(29)25-19-5-3-6-21-18(19)14-24-27-21/h2-7,14-15,20H,8-13H2,1H3,(H,24,27)(H2,25,26,29). The van der Waals surface area contributed by atoms with Crippen LogP contribution in [0.3, 0.4) is 0 Å². The average molecular weight is 390 g/mol. The summed E-state index contributed by atoms with van der Waals surface area (Å²) >= 11 is 0. The van der Waals surface area contributed by atoms with Gasteiger partial charge in [0.2, 0.25) is 0 Å². The summed E-state index contributed by atoms with van der Waals surface area (Å²) in [6.07, 6.45) is 6.21. The van der Waals surface area contributed by atoms with E-state index in [2.05, 4.69) is 50.9 Å². The van der Waals surface area contributed by atoms with Gasteiger partial charge in [-0.25, -0.2) is 4.79 Å². The Hall–Kier alpha value is -3.02. The maximum atomic E-state index is 12.7. The van der Waals surface area contributed by atoms with Gasteiger partial charge >= 0.3 is 6.03 Å². The van der Waals surface area contributed by atoms with Crippen LogP contribution in [-0.4, -0.2) is 29.3 Å². The molecule has 0 saturated carbocycles. The highest BCUT2D eigenvalue weighted by Gasteiger charge is 2.28. The Morgan fingerprint density at radius 1 is 1.14 bits per heavy atom. The average Bonchev–Trinajstić information content (AvgIpc) is 3.36. The Morgan fingerprint density at radius 2 is 1.97 bits per heavy atom. The zero-order valence-electron chi connectivity index (χ0n) is 16.7. The molecule has 2 heterocycles. The van der Waals surface area contributed by atoms with Crippen molar-refractivity contribution in [1.82, 2.24) is 15.5 Å². The molecule has 6 nitrogen and oxygen atoms in total. The molecule has 0 radical (unpaired) electrons. The third-order valence-electron chi connectivity index (χ3n) is 6.41. The van der Waals surface area contributed by atoms with Gasteiger partial charge in [0.25, 0.3) is 0 Å². The summed E-state index contributed by atoms with van der Waals surface area (Å²) in [5.41, 5.74) is 5.71. The highest BCUT2D eigenvalue weighted by molar-refractivity contribution is 6.00. The molecule has 1 aliphatic carbocycles. The zero-order valence-corrected chi connectivity index (χ0v) is 16.7. The van der Waals surface area contributed by atoms with Crippen LogP contribution in [0.4, 0.5) is 16.2 Å². The first-order valence-electron chi connectivity index (χ1n) is 10.6. The molecule has 2 amide bonds. The summed E-state index contributed by atoms with van der Waals surface area (Å²) in [5.74, 6) is 0.820.